The zero-order valence-corrected chi connectivity index (χ0v) is 18.7. The molecule has 2 aliphatic heterocycles. The van der Waals surface area contributed by atoms with E-state index in [1.54, 1.807) is 29.0 Å². The monoisotopic (exact) mass is 447 g/mol. The number of hydrogen-bond donors (Lipinski definition) is 0. The lowest BCUT2D eigenvalue weighted by Gasteiger charge is -2.27. The molecule has 2 aromatic rings. The second-order valence-corrected chi connectivity index (χ2v) is 8.49. The maximum atomic E-state index is 14.7. The van der Waals surface area contributed by atoms with Crippen molar-refractivity contribution in [2.45, 2.75) is 18.9 Å². The summed E-state index contributed by atoms with van der Waals surface area (Å²) in [6.45, 7) is 4.68. The molecule has 1 unspecified atom stereocenters. The standard InChI is InChI=1S/C22H27FN3O4P/c1-29-16-12-17(23)21(19(31)13-16)15-11-20(27)26(14-15)18-3-2-4-25(22(18)28)6-5-24-7-9-30-10-8-24/h2-4,12-13,15H,5-11,14,31H2,1H3/t15-/m0/s1. The van der Waals surface area contributed by atoms with Gasteiger partial charge in [0.2, 0.25) is 5.91 Å². The summed E-state index contributed by atoms with van der Waals surface area (Å²) < 4.78 is 26.8. The van der Waals surface area contributed by atoms with Crippen LogP contribution >= 0.6 is 9.24 Å². The third kappa shape index (κ3) is 4.66. The van der Waals surface area contributed by atoms with Crippen LogP contribution in [0, 0.1) is 5.82 Å². The van der Waals surface area contributed by atoms with Crippen molar-refractivity contribution in [1.29, 1.82) is 0 Å². The first-order chi connectivity index (χ1) is 15.0. The highest BCUT2D eigenvalue weighted by Gasteiger charge is 2.35. The number of carbonyl (C=O) groups is 1. The Kier molecular flexibility index (Phi) is 6.70. The first-order valence-electron chi connectivity index (χ1n) is 10.4. The molecule has 9 heteroatoms. The molecule has 0 saturated carbocycles. The summed E-state index contributed by atoms with van der Waals surface area (Å²) in [5.41, 5.74) is 0.618. The molecule has 166 valence electrons. The average molecular weight is 447 g/mol. The van der Waals surface area contributed by atoms with Crippen LogP contribution in [-0.2, 0) is 16.1 Å². The van der Waals surface area contributed by atoms with Crippen molar-refractivity contribution in [3.8, 4) is 5.75 Å². The fourth-order valence-electron chi connectivity index (χ4n) is 4.28. The second kappa shape index (κ2) is 9.47. The van der Waals surface area contributed by atoms with Crippen LogP contribution in [0.25, 0.3) is 0 Å². The number of carbonyl (C=O) groups excluding carboxylic acids is 1. The van der Waals surface area contributed by atoms with E-state index in [0.29, 0.717) is 42.1 Å². The Morgan fingerprint density at radius 2 is 2.00 bits per heavy atom. The van der Waals surface area contributed by atoms with E-state index in [4.69, 9.17) is 9.47 Å². The highest BCUT2D eigenvalue weighted by molar-refractivity contribution is 7.27. The van der Waals surface area contributed by atoms with E-state index in [9.17, 15) is 14.0 Å². The molecule has 2 aliphatic rings. The van der Waals surface area contributed by atoms with Gasteiger partial charge in [0.15, 0.2) is 0 Å². The number of nitrogens with zero attached hydrogens (tertiary/aromatic N) is 3. The van der Waals surface area contributed by atoms with Crippen molar-refractivity contribution < 1.29 is 18.7 Å². The van der Waals surface area contributed by atoms with E-state index in [1.807, 2.05) is 0 Å². The molecule has 31 heavy (non-hydrogen) atoms. The third-order valence-electron chi connectivity index (χ3n) is 5.96. The van der Waals surface area contributed by atoms with Crippen molar-refractivity contribution in [3.05, 3.63) is 52.2 Å². The fraction of sp³-hybridized carbons (Fsp3) is 0.455. The molecule has 2 saturated heterocycles. The summed E-state index contributed by atoms with van der Waals surface area (Å²) in [6.07, 6.45) is 1.90. The molecule has 4 rings (SSSR count). The van der Waals surface area contributed by atoms with Crippen LogP contribution < -0.4 is 20.5 Å². The molecule has 0 aliphatic carbocycles. The van der Waals surface area contributed by atoms with Gasteiger partial charge in [0.05, 0.1) is 20.3 Å². The number of hydrogen-bond acceptors (Lipinski definition) is 5. The van der Waals surface area contributed by atoms with Crippen molar-refractivity contribution in [1.82, 2.24) is 9.47 Å². The number of ether oxygens (including phenoxy) is 2. The number of rotatable bonds is 6. The van der Waals surface area contributed by atoms with E-state index >= 15 is 0 Å². The number of anilines is 1. The van der Waals surface area contributed by atoms with Crippen LogP contribution in [0.5, 0.6) is 5.75 Å². The lowest BCUT2D eigenvalue weighted by atomic mass is 9.97. The Labute approximate surface area is 182 Å². The number of morpholine rings is 1. The molecule has 1 amide bonds. The smallest absolute Gasteiger partial charge is 0.274 e. The summed E-state index contributed by atoms with van der Waals surface area (Å²) in [5, 5.41) is 0.660. The van der Waals surface area contributed by atoms with Crippen molar-refractivity contribution in [2.24, 2.45) is 0 Å². The molecule has 0 bridgehead atoms. The predicted molar refractivity (Wildman–Crippen MR) is 120 cm³/mol. The summed E-state index contributed by atoms with van der Waals surface area (Å²) in [6, 6.07) is 6.51. The molecule has 2 atom stereocenters. The predicted octanol–water partition coefficient (Wildman–Crippen LogP) is 1.35. The SMILES string of the molecule is COc1cc(F)c([C@H]2CC(=O)N(c3cccn(CCN4CCOCC4)c3=O)C2)c(P)c1. The Bertz CT molecular complexity index is 999. The van der Waals surface area contributed by atoms with Gasteiger partial charge in [-0.15, -0.1) is 9.24 Å². The summed E-state index contributed by atoms with van der Waals surface area (Å²) in [7, 11) is 4.00. The summed E-state index contributed by atoms with van der Waals surface area (Å²) >= 11 is 0. The van der Waals surface area contributed by atoms with Gasteiger partial charge >= 0.3 is 0 Å². The topological polar surface area (TPSA) is 64.0 Å². The van der Waals surface area contributed by atoms with Crippen LogP contribution in [0.15, 0.2) is 35.3 Å². The first kappa shape index (κ1) is 21.9. The number of aromatic nitrogens is 1. The van der Waals surface area contributed by atoms with Crippen molar-refractivity contribution >= 4 is 26.1 Å². The number of pyridine rings is 1. The molecule has 7 nitrogen and oxygen atoms in total. The van der Waals surface area contributed by atoms with Gasteiger partial charge in [-0.2, -0.15) is 0 Å². The minimum Gasteiger partial charge on any atom is -0.497 e. The molecule has 3 heterocycles. The van der Waals surface area contributed by atoms with Crippen LogP contribution in [0.4, 0.5) is 10.1 Å². The fourth-order valence-corrected chi connectivity index (χ4v) is 4.81. The molecule has 0 radical (unpaired) electrons. The number of halogens is 1. The van der Waals surface area contributed by atoms with Crippen LogP contribution in [0.1, 0.15) is 17.9 Å². The van der Waals surface area contributed by atoms with Gasteiger partial charge < -0.3 is 18.9 Å². The van der Waals surface area contributed by atoms with E-state index in [-0.39, 0.29) is 30.3 Å². The minimum absolute atomic E-state index is 0.159. The van der Waals surface area contributed by atoms with E-state index in [2.05, 4.69) is 14.1 Å². The molecule has 2 fully saturated rings. The van der Waals surface area contributed by atoms with Gasteiger partial charge in [-0.25, -0.2) is 4.39 Å². The minimum atomic E-state index is -0.403. The van der Waals surface area contributed by atoms with Crippen LogP contribution in [0.3, 0.4) is 0 Å². The molecule has 0 spiro atoms. The van der Waals surface area contributed by atoms with Crippen molar-refractivity contribution in [3.63, 3.8) is 0 Å². The Balaban J connectivity index is 1.53. The van der Waals surface area contributed by atoms with Crippen molar-refractivity contribution in [2.75, 3.05) is 51.4 Å². The van der Waals surface area contributed by atoms with E-state index in [1.165, 1.54) is 18.1 Å². The lowest BCUT2D eigenvalue weighted by molar-refractivity contribution is -0.117. The quantitative estimate of drug-likeness (QED) is 0.626. The Morgan fingerprint density at radius 1 is 1.23 bits per heavy atom. The van der Waals surface area contributed by atoms with Gasteiger partial charge in [-0.1, -0.05) is 0 Å². The molecule has 1 aromatic carbocycles. The third-order valence-corrected chi connectivity index (χ3v) is 6.43. The van der Waals surface area contributed by atoms with E-state index in [0.717, 1.165) is 19.6 Å². The molecular weight excluding hydrogens is 420 g/mol. The molecule has 1 aromatic heterocycles. The van der Waals surface area contributed by atoms with Crippen LogP contribution in [0.2, 0.25) is 0 Å². The van der Waals surface area contributed by atoms with E-state index < -0.39 is 5.82 Å². The maximum absolute atomic E-state index is 14.7. The Hall–Kier alpha value is -2.28. The second-order valence-electron chi connectivity index (χ2n) is 7.86. The molecular formula is C22H27FN3O4P. The number of benzene rings is 1. The lowest BCUT2D eigenvalue weighted by Crippen LogP contribution is -2.40. The largest absolute Gasteiger partial charge is 0.497 e. The van der Waals surface area contributed by atoms with Crippen LogP contribution in [-0.4, -0.2) is 61.9 Å². The van der Waals surface area contributed by atoms with Gasteiger partial charge in [-0.05, 0) is 23.5 Å². The van der Waals surface area contributed by atoms with Gasteiger partial charge in [0, 0.05) is 62.9 Å². The summed E-state index contributed by atoms with van der Waals surface area (Å²) in [5.74, 6) is -0.474. The normalized spacial score (nSPS) is 19.8. The first-order valence-corrected chi connectivity index (χ1v) is 11.0. The van der Waals surface area contributed by atoms with Gasteiger partial charge in [0.25, 0.3) is 5.56 Å². The maximum Gasteiger partial charge on any atom is 0.274 e. The van der Waals surface area contributed by atoms with Gasteiger partial charge in [-0.3, -0.25) is 14.5 Å². The highest BCUT2D eigenvalue weighted by Crippen LogP contribution is 2.33. The number of amides is 1. The summed E-state index contributed by atoms with van der Waals surface area (Å²) in [4.78, 5) is 29.6. The van der Waals surface area contributed by atoms with Gasteiger partial charge in [0.1, 0.15) is 17.3 Å². The zero-order chi connectivity index (χ0) is 22.0. The zero-order valence-electron chi connectivity index (χ0n) is 17.6. The Morgan fingerprint density at radius 3 is 2.71 bits per heavy atom. The highest BCUT2D eigenvalue weighted by atomic mass is 31.0. The molecule has 0 N–H and O–H groups in total. The average Bonchev–Trinajstić information content (AvgIpc) is 3.14. The number of methoxy groups -OCH3 is 1.